The Morgan fingerprint density at radius 3 is 2.58 bits per heavy atom. The summed E-state index contributed by atoms with van der Waals surface area (Å²) in [7, 11) is 0. The molecule has 0 saturated carbocycles. The number of nitriles is 1. The van der Waals surface area contributed by atoms with Crippen LogP contribution in [0.5, 0.6) is 0 Å². The maximum absolute atomic E-state index is 12.4. The minimum absolute atomic E-state index is 0.128. The first-order chi connectivity index (χ1) is 12.7. The molecular weight excluding hydrogens is 346 g/mol. The van der Waals surface area contributed by atoms with Crippen molar-refractivity contribution < 1.29 is 4.79 Å². The molecule has 0 aliphatic carbocycles. The van der Waals surface area contributed by atoms with E-state index >= 15 is 0 Å². The number of aromatic nitrogens is 3. The number of hydrogen-bond donors (Lipinski definition) is 2. The summed E-state index contributed by atoms with van der Waals surface area (Å²) in [5, 5.41) is 19.2. The topological polar surface area (TPSA) is 94.5 Å². The van der Waals surface area contributed by atoms with Crippen molar-refractivity contribution >= 4 is 17.7 Å². The predicted molar refractivity (Wildman–Crippen MR) is 99.4 cm³/mol. The molecule has 0 saturated heterocycles. The molecule has 0 radical (unpaired) electrons. The number of nitrogens with zero attached hydrogens (tertiary/aromatic N) is 3. The van der Waals surface area contributed by atoms with Gasteiger partial charge in [0.25, 0.3) is 5.91 Å². The van der Waals surface area contributed by atoms with E-state index in [4.69, 9.17) is 5.26 Å². The van der Waals surface area contributed by atoms with E-state index in [0.29, 0.717) is 11.1 Å². The van der Waals surface area contributed by atoms with Crippen molar-refractivity contribution in [2.24, 2.45) is 0 Å². The van der Waals surface area contributed by atoms with Gasteiger partial charge in [0.15, 0.2) is 5.16 Å². The SMILES string of the molecule is CC(NC(=O)c1ccc(CSc2ncn[nH]2)cc1)c1ccc(C#N)cc1. The number of nitrogens with one attached hydrogen (secondary N) is 2. The fraction of sp³-hybridized carbons (Fsp3) is 0.158. The highest BCUT2D eigenvalue weighted by Crippen LogP contribution is 2.19. The fourth-order valence-electron chi connectivity index (χ4n) is 2.38. The van der Waals surface area contributed by atoms with Gasteiger partial charge in [0.1, 0.15) is 6.33 Å². The van der Waals surface area contributed by atoms with E-state index in [2.05, 4.69) is 26.6 Å². The minimum atomic E-state index is -0.142. The first-order valence-electron chi connectivity index (χ1n) is 8.04. The van der Waals surface area contributed by atoms with Gasteiger partial charge in [-0.2, -0.15) is 10.4 Å². The highest BCUT2D eigenvalue weighted by atomic mass is 32.2. The van der Waals surface area contributed by atoms with E-state index in [1.54, 1.807) is 23.9 Å². The van der Waals surface area contributed by atoms with Crippen LogP contribution in [-0.2, 0) is 5.75 Å². The zero-order chi connectivity index (χ0) is 18.4. The molecule has 2 N–H and O–H groups in total. The molecule has 130 valence electrons. The van der Waals surface area contributed by atoms with Gasteiger partial charge >= 0.3 is 0 Å². The van der Waals surface area contributed by atoms with Crippen LogP contribution in [0.4, 0.5) is 0 Å². The molecule has 0 bridgehead atoms. The summed E-state index contributed by atoms with van der Waals surface area (Å²) in [5.41, 5.74) is 3.27. The van der Waals surface area contributed by atoms with E-state index in [9.17, 15) is 4.79 Å². The van der Waals surface area contributed by atoms with Crippen LogP contribution in [0.2, 0.25) is 0 Å². The van der Waals surface area contributed by atoms with Crippen LogP contribution in [0.1, 0.15) is 40.0 Å². The monoisotopic (exact) mass is 363 g/mol. The van der Waals surface area contributed by atoms with Crippen LogP contribution in [0, 0.1) is 11.3 Å². The third-order valence-electron chi connectivity index (χ3n) is 3.87. The van der Waals surface area contributed by atoms with Gasteiger partial charge in [-0.05, 0) is 42.3 Å². The van der Waals surface area contributed by atoms with Crippen LogP contribution in [-0.4, -0.2) is 21.1 Å². The largest absolute Gasteiger partial charge is 0.346 e. The Balaban J connectivity index is 1.57. The van der Waals surface area contributed by atoms with Gasteiger partial charge in [0, 0.05) is 11.3 Å². The van der Waals surface area contributed by atoms with Crippen LogP contribution < -0.4 is 5.32 Å². The molecule has 1 amide bonds. The zero-order valence-electron chi connectivity index (χ0n) is 14.1. The van der Waals surface area contributed by atoms with Crippen LogP contribution in [0.25, 0.3) is 0 Å². The summed E-state index contributed by atoms with van der Waals surface area (Å²) in [6, 6.07) is 16.7. The maximum Gasteiger partial charge on any atom is 0.251 e. The van der Waals surface area contributed by atoms with E-state index in [1.165, 1.54) is 6.33 Å². The van der Waals surface area contributed by atoms with Gasteiger partial charge in [-0.3, -0.25) is 9.89 Å². The van der Waals surface area contributed by atoms with E-state index < -0.39 is 0 Å². The molecule has 0 aliphatic heterocycles. The van der Waals surface area contributed by atoms with Gasteiger partial charge in [-0.1, -0.05) is 36.0 Å². The predicted octanol–water partition coefficient (Wildman–Crippen LogP) is 3.46. The highest BCUT2D eigenvalue weighted by molar-refractivity contribution is 7.98. The maximum atomic E-state index is 12.4. The smallest absolute Gasteiger partial charge is 0.251 e. The Morgan fingerprint density at radius 1 is 1.23 bits per heavy atom. The second-order valence-electron chi connectivity index (χ2n) is 5.71. The first-order valence-corrected chi connectivity index (χ1v) is 9.02. The van der Waals surface area contributed by atoms with Gasteiger partial charge in [0.2, 0.25) is 0 Å². The lowest BCUT2D eigenvalue weighted by Crippen LogP contribution is -2.26. The van der Waals surface area contributed by atoms with Crippen molar-refractivity contribution in [2.45, 2.75) is 23.9 Å². The molecule has 0 fully saturated rings. The summed E-state index contributed by atoms with van der Waals surface area (Å²) in [4.78, 5) is 16.5. The van der Waals surface area contributed by atoms with Crippen molar-refractivity contribution in [1.29, 1.82) is 5.26 Å². The lowest BCUT2D eigenvalue weighted by Gasteiger charge is -2.14. The Hall–Kier alpha value is -3.11. The number of carbonyl (C=O) groups is 1. The van der Waals surface area contributed by atoms with Crippen LogP contribution >= 0.6 is 11.8 Å². The fourth-order valence-corrected chi connectivity index (χ4v) is 3.11. The third-order valence-corrected chi connectivity index (χ3v) is 4.82. The number of amides is 1. The molecule has 1 aromatic heterocycles. The quantitative estimate of drug-likeness (QED) is 0.654. The Labute approximate surface area is 155 Å². The van der Waals surface area contributed by atoms with E-state index in [0.717, 1.165) is 22.0 Å². The Morgan fingerprint density at radius 2 is 1.96 bits per heavy atom. The van der Waals surface area contributed by atoms with Gasteiger partial charge < -0.3 is 5.32 Å². The molecule has 1 unspecified atom stereocenters. The zero-order valence-corrected chi connectivity index (χ0v) is 15.0. The van der Waals surface area contributed by atoms with Crippen LogP contribution in [0.15, 0.2) is 60.0 Å². The number of aromatic amines is 1. The second kappa shape index (κ2) is 8.32. The van der Waals surface area contributed by atoms with E-state index in [1.807, 2.05) is 43.3 Å². The molecule has 26 heavy (non-hydrogen) atoms. The summed E-state index contributed by atoms with van der Waals surface area (Å²) >= 11 is 1.55. The molecule has 1 atom stereocenters. The van der Waals surface area contributed by atoms with Crippen molar-refractivity contribution in [3.05, 3.63) is 77.1 Å². The van der Waals surface area contributed by atoms with Crippen molar-refractivity contribution in [1.82, 2.24) is 20.5 Å². The molecule has 7 heteroatoms. The number of benzene rings is 2. The summed E-state index contributed by atoms with van der Waals surface area (Å²) in [6.45, 7) is 1.92. The molecular formula is C19H17N5OS. The standard InChI is InChI=1S/C19H17N5OS/c1-13(16-6-2-14(10-20)3-7-16)23-18(25)17-8-4-15(5-9-17)11-26-19-21-12-22-24-19/h2-9,12-13H,11H2,1H3,(H,23,25)(H,21,22,24). The van der Waals surface area contributed by atoms with Crippen molar-refractivity contribution in [3.63, 3.8) is 0 Å². The average Bonchev–Trinajstić information content (AvgIpc) is 3.20. The molecule has 3 rings (SSSR count). The molecule has 0 spiro atoms. The Bertz CT molecular complexity index is 899. The van der Waals surface area contributed by atoms with Gasteiger partial charge in [0.05, 0.1) is 17.7 Å². The van der Waals surface area contributed by atoms with E-state index in [-0.39, 0.29) is 11.9 Å². The lowest BCUT2D eigenvalue weighted by molar-refractivity contribution is 0.0940. The summed E-state index contributed by atoms with van der Waals surface area (Å²) in [5.74, 6) is 0.620. The second-order valence-corrected chi connectivity index (χ2v) is 6.67. The first kappa shape index (κ1) is 17.7. The van der Waals surface area contributed by atoms with Gasteiger partial charge in [-0.15, -0.1) is 0 Å². The summed E-state index contributed by atoms with van der Waals surface area (Å²) < 4.78 is 0. The van der Waals surface area contributed by atoms with Crippen molar-refractivity contribution in [2.75, 3.05) is 0 Å². The number of thioether (sulfide) groups is 1. The molecule has 0 aliphatic rings. The molecule has 1 heterocycles. The number of hydrogen-bond acceptors (Lipinski definition) is 5. The average molecular weight is 363 g/mol. The van der Waals surface area contributed by atoms with Crippen LogP contribution in [0.3, 0.4) is 0 Å². The molecule has 3 aromatic rings. The third kappa shape index (κ3) is 4.49. The Kier molecular flexibility index (Phi) is 5.66. The highest BCUT2D eigenvalue weighted by Gasteiger charge is 2.11. The number of carbonyl (C=O) groups excluding carboxylic acids is 1. The normalized spacial score (nSPS) is 11.5. The summed E-state index contributed by atoms with van der Waals surface area (Å²) in [6.07, 6.45) is 1.48. The number of rotatable bonds is 6. The minimum Gasteiger partial charge on any atom is -0.346 e. The molecule has 6 nitrogen and oxygen atoms in total. The van der Waals surface area contributed by atoms with Crippen molar-refractivity contribution in [3.8, 4) is 6.07 Å². The molecule has 2 aromatic carbocycles. The lowest BCUT2D eigenvalue weighted by atomic mass is 10.1. The van der Waals surface area contributed by atoms with Gasteiger partial charge in [-0.25, -0.2) is 4.98 Å². The number of H-pyrrole nitrogens is 1.